The topological polar surface area (TPSA) is 9.23 Å². The van der Waals surface area contributed by atoms with Crippen molar-refractivity contribution in [2.45, 2.75) is 82.1 Å². The molecule has 0 fully saturated rings. The average Bonchev–Trinajstić information content (AvgIpc) is 2.07. The van der Waals surface area contributed by atoms with Crippen LogP contribution in [0.1, 0.15) is 82.1 Å². The molecule has 0 aromatic heterocycles. The van der Waals surface area contributed by atoms with E-state index in [2.05, 4.69) is 81.4 Å². The van der Waals surface area contributed by atoms with Crippen LogP contribution in [0.3, 0.4) is 0 Å². The van der Waals surface area contributed by atoms with Gasteiger partial charge in [0.15, 0.2) is 0 Å². The second-order valence-electron chi connectivity index (χ2n) is 10.2. The van der Waals surface area contributed by atoms with Crippen LogP contribution in [0.4, 0.5) is 0 Å². The molecule has 0 atom stereocenters. The molecule has 0 radical (unpaired) electrons. The molecule has 0 amide bonds. The highest BCUT2D eigenvalue weighted by Crippen LogP contribution is 2.35. The minimum Gasteiger partial charge on any atom is -0.473 e. The molecule has 0 N–H and O–H groups in total. The Morgan fingerprint density at radius 3 is 1.10 bits per heavy atom. The van der Waals surface area contributed by atoms with Crippen LogP contribution in [-0.4, -0.2) is 0 Å². The molecule has 1 heteroatoms. The zero-order valence-electron chi connectivity index (χ0n) is 16.1. The maximum atomic E-state index is 5.57. The van der Waals surface area contributed by atoms with E-state index in [9.17, 15) is 0 Å². The lowest BCUT2D eigenvalue weighted by Gasteiger charge is -2.29. The predicted octanol–water partition coefficient (Wildman–Crippen LogP) is 6.96. The molecule has 0 bridgehead atoms. The van der Waals surface area contributed by atoms with E-state index in [1.54, 1.807) is 0 Å². The van der Waals surface area contributed by atoms with Gasteiger partial charge in [0, 0.05) is 0 Å². The number of hydrogen-bond acceptors (Lipinski definition) is 1. The third-order valence-electron chi connectivity index (χ3n) is 3.17. The van der Waals surface area contributed by atoms with E-state index >= 15 is 0 Å². The summed E-state index contributed by atoms with van der Waals surface area (Å²) in [6, 6.07) is 0. The van der Waals surface area contributed by atoms with Crippen LogP contribution in [0, 0.1) is 21.7 Å². The highest BCUT2D eigenvalue weighted by molar-refractivity contribution is 4.97. The SMILES string of the molecule is CC(C)(C)CC(C)(C)C=COC=CC(C)(C)CC(C)(C)C. The molecule has 0 aromatic rings. The van der Waals surface area contributed by atoms with Gasteiger partial charge in [-0.05, 0) is 46.7 Å². The summed E-state index contributed by atoms with van der Waals surface area (Å²) in [6.07, 6.45) is 10.3. The lowest BCUT2D eigenvalue weighted by Crippen LogP contribution is -2.18. The highest BCUT2D eigenvalue weighted by Gasteiger charge is 2.24. The standard InChI is InChI=1S/C20H38O/c1-17(2,3)15-19(7,8)11-13-21-14-12-20(9,10)16-18(4,5)6/h11-14H,15-16H2,1-10H3. The Hall–Kier alpha value is -0.720. The first-order valence-corrected chi connectivity index (χ1v) is 8.13. The number of ether oxygens (including phenoxy) is 1. The summed E-state index contributed by atoms with van der Waals surface area (Å²) in [5.41, 5.74) is 0.983. The van der Waals surface area contributed by atoms with Crippen LogP contribution in [-0.2, 0) is 4.74 Å². The van der Waals surface area contributed by atoms with Crippen LogP contribution >= 0.6 is 0 Å². The molecule has 0 aliphatic carbocycles. The maximum absolute atomic E-state index is 5.57. The average molecular weight is 295 g/mol. The minimum absolute atomic E-state index is 0.160. The first-order valence-electron chi connectivity index (χ1n) is 8.13. The lowest BCUT2D eigenvalue weighted by molar-refractivity contribution is 0.251. The van der Waals surface area contributed by atoms with Crippen LogP contribution in [0.25, 0.3) is 0 Å². The van der Waals surface area contributed by atoms with Crippen molar-refractivity contribution in [3.63, 3.8) is 0 Å². The molecular weight excluding hydrogens is 256 g/mol. The molecule has 0 aliphatic rings. The van der Waals surface area contributed by atoms with Gasteiger partial charge in [0.25, 0.3) is 0 Å². The van der Waals surface area contributed by atoms with E-state index in [-0.39, 0.29) is 10.8 Å². The van der Waals surface area contributed by atoms with Gasteiger partial charge in [-0.15, -0.1) is 0 Å². The van der Waals surface area contributed by atoms with Crippen molar-refractivity contribution in [2.24, 2.45) is 21.7 Å². The summed E-state index contributed by atoms with van der Waals surface area (Å²) in [4.78, 5) is 0. The predicted molar refractivity (Wildman–Crippen MR) is 95.1 cm³/mol. The fourth-order valence-corrected chi connectivity index (χ4v) is 3.34. The molecule has 0 heterocycles. The van der Waals surface area contributed by atoms with Gasteiger partial charge in [-0.3, -0.25) is 0 Å². The zero-order chi connectivity index (χ0) is 16.9. The quantitative estimate of drug-likeness (QED) is 0.481. The van der Waals surface area contributed by atoms with Crippen molar-refractivity contribution in [2.75, 3.05) is 0 Å². The Morgan fingerprint density at radius 1 is 0.571 bits per heavy atom. The normalized spacial score (nSPS) is 15.1. The van der Waals surface area contributed by atoms with Gasteiger partial charge in [-0.2, -0.15) is 0 Å². The van der Waals surface area contributed by atoms with Crippen molar-refractivity contribution in [3.05, 3.63) is 24.7 Å². The molecule has 0 aliphatic heterocycles. The van der Waals surface area contributed by atoms with Crippen LogP contribution in [0.15, 0.2) is 24.7 Å². The molecule has 124 valence electrons. The van der Waals surface area contributed by atoms with Crippen LogP contribution in [0.5, 0.6) is 0 Å². The Bertz CT molecular complexity index is 320. The third-order valence-corrected chi connectivity index (χ3v) is 3.17. The molecule has 0 unspecified atom stereocenters. The summed E-state index contributed by atoms with van der Waals surface area (Å²) in [5.74, 6) is 0. The highest BCUT2D eigenvalue weighted by atomic mass is 16.5. The van der Waals surface area contributed by atoms with Gasteiger partial charge in [-0.1, -0.05) is 69.2 Å². The molecule has 0 rings (SSSR count). The van der Waals surface area contributed by atoms with E-state index in [4.69, 9.17) is 4.74 Å². The van der Waals surface area contributed by atoms with Crippen LogP contribution in [0.2, 0.25) is 0 Å². The van der Waals surface area contributed by atoms with E-state index in [0.29, 0.717) is 10.8 Å². The molecule has 0 saturated heterocycles. The van der Waals surface area contributed by atoms with E-state index in [0.717, 1.165) is 12.8 Å². The van der Waals surface area contributed by atoms with Gasteiger partial charge >= 0.3 is 0 Å². The molecule has 21 heavy (non-hydrogen) atoms. The first kappa shape index (κ1) is 20.3. The largest absolute Gasteiger partial charge is 0.473 e. The fraction of sp³-hybridized carbons (Fsp3) is 0.800. The Labute approximate surface area is 133 Å². The summed E-state index contributed by atoms with van der Waals surface area (Å²) >= 11 is 0. The van der Waals surface area contributed by atoms with E-state index in [1.165, 1.54) is 0 Å². The summed E-state index contributed by atoms with van der Waals surface area (Å²) in [7, 11) is 0. The second-order valence-corrected chi connectivity index (χ2v) is 10.2. The summed E-state index contributed by atoms with van der Waals surface area (Å²) in [5, 5.41) is 0. The van der Waals surface area contributed by atoms with Crippen molar-refractivity contribution >= 4 is 0 Å². The smallest absolute Gasteiger partial charge is 0.0866 e. The maximum Gasteiger partial charge on any atom is 0.0866 e. The van der Waals surface area contributed by atoms with Crippen molar-refractivity contribution in [1.82, 2.24) is 0 Å². The molecule has 0 spiro atoms. The second kappa shape index (κ2) is 7.03. The monoisotopic (exact) mass is 294 g/mol. The molecule has 1 nitrogen and oxygen atoms in total. The summed E-state index contributed by atoms with van der Waals surface area (Å²) in [6.45, 7) is 22.7. The van der Waals surface area contributed by atoms with Crippen molar-refractivity contribution in [3.8, 4) is 0 Å². The molecular formula is C20H38O. The Balaban J connectivity index is 4.42. The van der Waals surface area contributed by atoms with Gasteiger partial charge in [0.05, 0.1) is 12.5 Å². The van der Waals surface area contributed by atoms with Gasteiger partial charge < -0.3 is 4.74 Å². The number of allylic oxidation sites excluding steroid dienone is 2. The van der Waals surface area contributed by atoms with Crippen molar-refractivity contribution in [1.29, 1.82) is 0 Å². The van der Waals surface area contributed by atoms with Crippen LogP contribution < -0.4 is 0 Å². The lowest BCUT2D eigenvalue weighted by atomic mass is 9.76. The summed E-state index contributed by atoms with van der Waals surface area (Å²) < 4.78 is 5.57. The number of rotatable bonds is 6. The van der Waals surface area contributed by atoms with Gasteiger partial charge in [0.1, 0.15) is 0 Å². The van der Waals surface area contributed by atoms with Crippen molar-refractivity contribution < 1.29 is 4.74 Å². The fourth-order valence-electron chi connectivity index (χ4n) is 3.34. The number of hydrogen-bond donors (Lipinski definition) is 0. The third kappa shape index (κ3) is 12.7. The van der Waals surface area contributed by atoms with Gasteiger partial charge in [-0.25, -0.2) is 0 Å². The van der Waals surface area contributed by atoms with Gasteiger partial charge in [0.2, 0.25) is 0 Å². The first-order chi connectivity index (χ1) is 9.12. The Morgan fingerprint density at radius 2 is 0.857 bits per heavy atom. The minimum atomic E-state index is 0.160. The molecule has 0 aromatic carbocycles. The molecule has 0 saturated carbocycles. The van der Waals surface area contributed by atoms with E-state index < -0.39 is 0 Å². The zero-order valence-corrected chi connectivity index (χ0v) is 16.1. The Kier molecular flexibility index (Phi) is 6.79. The van der Waals surface area contributed by atoms with E-state index in [1.807, 2.05) is 12.5 Å².